The maximum absolute atomic E-state index is 12.4. The van der Waals surface area contributed by atoms with E-state index in [1.165, 1.54) is 4.31 Å². The van der Waals surface area contributed by atoms with E-state index in [9.17, 15) is 13.2 Å². The number of hydrogen-bond acceptors (Lipinski definition) is 4. The van der Waals surface area contributed by atoms with Gasteiger partial charge in [-0.25, -0.2) is 13.4 Å². The number of carbonyl (C=O) groups is 1. The Hall–Kier alpha value is -2.41. The first-order valence-electron chi connectivity index (χ1n) is 7.81. The molecule has 0 spiro atoms. The third kappa shape index (κ3) is 3.41. The lowest BCUT2D eigenvalue weighted by Gasteiger charge is -2.29. The van der Waals surface area contributed by atoms with E-state index in [0.29, 0.717) is 30.0 Å². The first kappa shape index (κ1) is 16.4. The van der Waals surface area contributed by atoms with Crippen molar-refractivity contribution in [2.75, 3.05) is 21.9 Å². The molecule has 0 aliphatic carbocycles. The summed E-state index contributed by atoms with van der Waals surface area (Å²) < 4.78 is 26.1. The SMILES string of the molecule is Cc1ccc(C(=O)Nc2ccccn2)cc1N1CCCCS1(=O)=O. The van der Waals surface area contributed by atoms with Crippen LogP contribution in [0.4, 0.5) is 11.5 Å². The molecule has 1 fully saturated rings. The summed E-state index contributed by atoms with van der Waals surface area (Å²) in [6, 6.07) is 10.3. The molecule has 3 rings (SSSR count). The Morgan fingerprint density at radius 2 is 2.04 bits per heavy atom. The fraction of sp³-hybridized carbons (Fsp3) is 0.294. The van der Waals surface area contributed by atoms with Crippen molar-refractivity contribution in [3.05, 3.63) is 53.7 Å². The van der Waals surface area contributed by atoms with Crippen molar-refractivity contribution in [3.63, 3.8) is 0 Å². The molecule has 126 valence electrons. The number of rotatable bonds is 3. The van der Waals surface area contributed by atoms with E-state index >= 15 is 0 Å². The van der Waals surface area contributed by atoms with Crippen LogP contribution in [-0.4, -0.2) is 31.6 Å². The van der Waals surface area contributed by atoms with E-state index in [2.05, 4.69) is 10.3 Å². The van der Waals surface area contributed by atoms with Crippen LogP contribution >= 0.6 is 0 Å². The smallest absolute Gasteiger partial charge is 0.256 e. The van der Waals surface area contributed by atoms with Crippen LogP contribution in [0.25, 0.3) is 0 Å². The van der Waals surface area contributed by atoms with Crippen LogP contribution in [-0.2, 0) is 10.0 Å². The van der Waals surface area contributed by atoms with Crippen LogP contribution in [0.2, 0.25) is 0 Å². The molecule has 2 heterocycles. The van der Waals surface area contributed by atoms with Gasteiger partial charge in [-0.15, -0.1) is 0 Å². The first-order valence-corrected chi connectivity index (χ1v) is 9.42. The largest absolute Gasteiger partial charge is 0.307 e. The zero-order valence-corrected chi connectivity index (χ0v) is 14.2. The van der Waals surface area contributed by atoms with Crippen LogP contribution in [0, 0.1) is 6.92 Å². The van der Waals surface area contributed by atoms with Crippen molar-refractivity contribution in [1.29, 1.82) is 0 Å². The van der Waals surface area contributed by atoms with E-state index in [1.54, 1.807) is 42.6 Å². The second kappa shape index (κ2) is 6.60. The predicted octanol–water partition coefficient (Wildman–Crippen LogP) is 2.57. The molecule has 2 aromatic rings. The number of pyridine rings is 1. The van der Waals surface area contributed by atoms with Crippen LogP contribution in [0.3, 0.4) is 0 Å². The van der Waals surface area contributed by atoms with Gasteiger partial charge in [-0.1, -0.05) is 12.1 Å². The number of nitrogens with zero attached hydrogens (tertiary/aromatic N) is 2. The number of aryl methyl sites for hydroxylation is 1. The number of benzene rings is 1. The molecule has 0 unspecified atom stereocenters. The summed E-state index contributed by atoms with van der Waals surface area (Å²) in [6.07, 6.45) is 3.09. The van der Waals surface area contributed by atoms with Gasteiger partial charge >= 0.3 is 0 Å². The molecule has 0 saturated carbocycles. The molecule has 1 aliphatic heterocycles. The zero-order chi connectivity index (χ0) is 17.2. The van der Waals surface area contributed by atoms with Crippen molar-refractivity contribution in [2.45, 2.75) is 19.8 Å². The average molecular weight is 345 g/mol. The summed E-state index contributed by atoms with van der Waals surface area (Å²) in [5, 5.41) is 2.71. The minimum atomic E-state index is -3.31. The maximum atomic E-state index is 12.4. The van der Waals surface area contributed by atoms with Gasteiger partial charge in [0, 0.05) is 18.3 Å². The standard InChI is InChI=1S/C17H19N3O3S/c1-13-7-8-14(17(21)19-16-6-2-3-9-18-16)12-15(13)20-10-4-5-11-24(20,22)23/h2-3,6-9,12H,4-5,10-11H2,1H3,(H,18,19,21). The highest BCUT2D eigenvalue weighted by atomic mass is 32.2. The van der Waals surface area contributed by atoms with E-state index in [-0.39, 0.29) is 11.7 Å². The van der Waals surface area contributed by atoms with Crippen molar-refractivity contribution in [3.8, 4) is 0 Å². The average Bonchev–Trinajstić information content (AvgIpc) is 2.56. The van der Waals surface area contributed by atoms with Crippen LogP contribution < -0.4 is 9.62 Å². The van der Waals surface area contributed by atoms with Gasteiger partial charge in [-0.3, -0.25) is 9.10 Å². The van der Waals surface area contributed by atoms with E-state index in [0.717, 1.165) is 12.0 Å². The number of carbonyl (C=O) groups excluding carboxylic acids is 1. The highest BCUT2D eigenvalue weighted by molar-refractivity contribution is 7.92. The lowest BCUT2D eigenvalue weighted by molar-refractivity contribution is 0.102. The molecule has 0 atom stereocenters. The number of nitrogens with one attached hydrogen (secondary N) is 1. The Balaban J connectivity index is 1.90. The molecule has 0 radical (unpaired) electrons. The Kier molecular flexibility index (Phi) is 4.53. The van der Waals surface area contributed by atoms with Crippen LogP contribution in [0.15, 0.2) is 42.6 Å². The Bertz CT molecular complexity index is 851. The van der Waals surface area contributed by atoms with Gasteiger partial charge in [0.25, 0.3) is 5.91 Å². The van der Waals surface area contributed by atoms with Crippen molar-refractivity contribution in [1.82, 2.24) is 4.98 Å². The lowest BCUT2D eigenvalue weighted by atomic mass is 10.1. The topological polar surface area (TPSA) is 79.4 Å². The molecule has 0 bridgehead atoms. The fourth-order valence-electron chi connectivity index (χ4n) is 2.70. The van der Waals surface area contributed by atoms with Gasteiger partial charge in [0.05, 0.1) is 11.4 Å². The molecule has 1 aromatic carbocycles. The van der Waals surface area contributed by atoms with Crippen molar-refractivity contribution < 1.29 is 13.2 Å². The quantitative estimate of drug-likeness (QED) is 0.927. The van der Waals surface area contributed by atoms with Gasteiger partial charge in [0.2, 0.25) is 10.0 Å². The van der Waals surface area contributed by atoms with E-state index < -0.39 is 10.0 Å². The molecular weight excluding hydrogens is 326 g/mol. The van der Waals surface area contributed by atoms with Crippen molar-refractivity contribution in [2.24, 2.45) is 0 Å². The Labute approximate surface area is 141 Å². The van der Waals surface area contributed by atoms with Crippen molar-refractivity contribution >= 4 is 27.4 Å². The van der Waals surface area contributed by atoms with Gasteiger partial charge < -0.3 is 5.32 Å². The monoisotopic (exact) mass is 345 g/mol. The molecule has 24 heavy (non-hydrogen) atoms. The number of anilines is 2. The van der Waals surface area contributed by atoms with E-state index in [4.69, 9.17) is 0 Å². The number of amides is 1. The summed E-state index contributed by atoms with van der Waals surface area (Å²) in [4.78, 5) is 16.5. The normalized spacial score (nSPS) is 16.6. The predicted molar refractivity (Wildman–Crippen MR) is 93.7 cm³/mol. The molecule has 1 N–H and O–H groups in total. The van der Waals surface area contributed by atoms with Gasteiger partial charge in [0.1, 0.15) is 5.82 Å². The fourth-order valence-corrected chi connectivity index (χ4v) is 4.40. The maximum Gasteiger partial charge on any atom is 0.256 e. The van der Waals surface area contributed by atoms with Gasteiger partial charge in [0.15, 0.2) is 0 Å². The Morgan fingerprint density at radius 3 is 2.75 bits per heavy atom. The van der Waals surface area contributed by atoms with Gasteiger partial charge in [-0.2, -0.15) is 0 Å². The third-order valence-corrected chi connectivity index (χ3v) is 5.85. The molecule has 6 nitrogen and oxygen atoms in total. The number of aromatic nitrogens is 1. The minimum Gasteiger partial charge on any atom is -0.307 e. The summed E-state index contributed by atoms with van der Waals surface area (Å²) in [5.74, 6) is 0.288. The minimum absolute atomic E-state index is 0.150. The number of sulfonamides is 1. The molecule has 1 aliphatic rings. The Morgan fingerprint density at radius 1 is 1.21 bits per heavy atom. The third-order valence-electron chi connectivity index (χ3n) is 4.00. The van der Waals surface area contributed by atoms with Crippen LogP contribution in [0.5, 0.6) is 0 Å². The summed E-state index contributed by atoms with van der Waals surface area (Å²) in [7, 11) is -3.31. The molecule has 1 aromatic heterocycles. The molecule has 1 saturated heterocycles. The van der Waals surface area contributed by atoms with Gasteiger partial charge in [-0.05, 0) is 49.6 Å². The summed E-state index contributed by atoms with van der Waals surface area (Å²) >= 11 is 0. The van der Waals surface area contributed by atoms with Crippen LogP contribution in [0.1, 0.15) is 28.8 Å². The first-order chi connectivity index (χ1) is 11.5. The highest BCUT2D eigenvalue weighted by Gasteiger charge is 2.27. The lowest BCUT2D eigenvalue weighted by Crippen LogP contribution is -2.38. The molecule has 1 amide bonds. The molecule has 7 heteroatoms. The zero-order valence-electron chi connectivity index (χ0n) is 13.4. The highest BCUT2D eigenvalue weighted by Crippen LogP contribution is 2.28. The molecular formula is C17H19N3O3S. The summed E-state index contributed by atoms with van der Waals surface area (Å²) in [5.41, 5.74) is 1.81. The second-order valence-corrected chi connectivity index (χ2v) is 7.78. The van der Waals surface area contributed by atoms with E-state index in [1.807, 2.05) is 6.92 Å². The number of hydrogen-bond donors (Lipinski definition) is 1. The summed E-state index contributed by atoms with van der Waals surface area (Å²) in [6.45, 7) is 2.30. The second-order valence-electron chi connectivity index (χ2n) is 5.77.